The predicted octanol–water partition coefficient (Wildman–Crippen LogP) is 1.75. The van der Waals surface area contributed by atoms with Gasteiger partial charge < -0.3 is 10.6 Å². The van der Waals surface area contributed by atoms with Gasteiger partial charge in [0.25, 0.3) is 0 Å². The first-order valence-corrected chi connectivity index (χ1v) is 7.64. The minimum absolute atomic E-state index is 0. The molecular weight excluding hydrogens is 256 g/mol. The van der Waals surface area contributed by atoms with Crippen LogP contribution in [0.4, 0.5) is 0 Å². The number of hydrogen-bond donors (Lipinski definition) is 1. The molecule has 0 spiro atoms. The van der Waals surface area contributed by atoms with Gasteiger partial charge in [0.15, 0.2) is 0 Å². The molecule has 1 aliphatic heterocycles. The Bertz CT molecular complexity index is 265. The lowest BCUT2D eigenvalue weighted by molar-refractivity contribution is -0.130. The normalized spacial score (nSPS) is 31.2. The van der Waals surface area contributed by atoms with Crippen molar-refractivity contribution in [3.63, 3.8) is 0 Å². The highest BCUT2D eigenvalue weighted by Gasteiger charge is 2.42. The van der Waals surface area contributed by atoms with Gasteiger partial charge in [-0.2, -0.15) is 11.8 Å². The van der Waals surface area contributed by atoms with Crippen molar-refractivity contribution in [3.8, 4) is 0 Å². The molecule has 17 heavy (non-hydrogen) atoms. The molecular formula is C12H23ClN2OS. The fourth-order valence-electron chi connectivity index (χ4n) is 3.04. The van der Waals surface area contributed by atoms with E-state index in [1.807, 2.05) is 11.8 Å². The van der Waals surface area contributed by atoms with Crippen LogP contribution in [0.1, 0.15) is 25.7 Å². The number of amides is 1. The minimum atomic E-state index is 0. The van der Waals surface area contributed by atoms with Crippen molar-refractivity contribution >= 4 is 30.1 Å². The fraction of sp³-hybridized carbons (Fsp3) is 0.917. The highest BCUT2D eigenvalue weighted by Crippen LogP contribution is 2.37. The number of nitrogens with zero attached hydrogens (tertiary/aromatic N) is 1. The van der Waals surface area contributed by atoms with E-state index in [9.17, 15) is 4.79 Å². The second kappa shape index (κ2) is 6.86. The van der Waals surface area contributed by atoms with Crippen LogP contribution in [-0.4, -0.2) is 41.9 Å². The molecule has 100 valence electrons. The average molecular weight is 279 g/mol. The summed E-state index contributed by atoms with van der Waals surface area (Å²) in [5, 5.41) is 0. The summed E-state index contributed by atoms with van der Waals surface area (Å²) in [6, 6.07) is 0.342. The first-order valence-electron chi connectivity index (χ1n) is 6.24. The summed E-state index contributed by atoms with van der Waals surface area (Å²) in [5.41, 5.74) is 6.06. The van der Waals surface area contributed by atoms with Crippen LogP contribution in [0.2, 0.25) is 0 Å². The van der Waals surface area contributed by atoms with Crippen LogP contribution in [0.15, 0.2) is 0 Å². The van der Waals surface area contributed by atoms with E-state index in [-0.39, 0.29) is 12.4 Å². The average Bonchev–Trinajstić information content (AvgIpc) is 2.82. The lowest BCUT2D eigenvalue weighted by Gasteiger charge is -2.18. The molecule has 3 unspecified atom stereocenters. The van der Waals surface area contributed by atoms with Crippen molar-refractivity contribution < 1.29 is 4.79 Å². The van der Waals surface area contributed by atoms with Gasteiger partial charge in [0.1, 0.15) is 0 Å². The zero-order valence-electron chi connectivity index (χ0n) is 10.4. The number of carbonyl (C=O) groups excluding carboxylic acids is 1. The third-order valence-corrected chi connectivity index (χ3v) is 4.70. The van der Waals surface area contributed by atoms with Crippen molar-refractivity contribution in [2.45, 2.75) is 31.7 Å². The summed E-state index contributed by atoms with van der Waals surface area (Å²) < 4.78 is 0. The smallest absolute Gasteiger partial charge is 0.222 e. The summed E-state index contributed by atoms with van der Waals surface area (Å²) in [5.74, 6) is 2.71. The largest absolute Gasteiger partial charge is 0.342 e. The SMILES string of the molecule is CSCCCC(=O)N1CC2CCC(N)C2C1.Cl. The molecule has 2 N–H and O–H groups in total. The van der Waals surface area contributed by atoms with Crippen molar-refractivity contribution in [2.24, 2.45) is 17.6 Å². The van der Waals surface area contributed by atoms with E-state index >= 15 is 0 Å². The van der Waals surface area contributed by atoms with Gasteiger partial charge in [0.2, 0.25) is 5.91 Å². The van der Waals surface area contributed by atoms with Crippen molar-refractivity contribution in [3.05, 3.63) is 0 Å². The standard InChI is InChI=1S/C12H22N2OS.ClH/c1-16-6-2-3-12(15)14-7-9-4-5-11(13)10(9)8-14;/h9-11H,2-8,13H2,1H3;1H. The molecule has 5 heteroatoms. The predicted molar refractivity (Wildman–Crippen MR) is 75.6 cm³/mol. The Balaban J connectivity index is 0.00000144. The van der Waals surface area contributed by atoms with Gasteiger partial charge in [-0.15, -0.1) is 12.4 Å². The van der Waals surface area contributed by atoms with Crippen LogP contribution in [0, 0.1) is 11.8 Å². The molecule has 0 bridgehead atoms. The maximum Gasteiger partial charge on any atom is 0.222 e. The number of thioether (sulfide) groups is 1. The van der Waals surface area contributed by atoms with Crippen LogP contribution < -0.4 is 5.73 Å². The zero-order chi connectivity index (χ0) is 11.5. The molecule has 2 aliphatic rings. The highest BCUT2D eigenvalue weighted by atomic mass is 35.5. The molecule has 2 fully saturated rings. The van der Waals surface area contributed by atoms with Gasteiger partial charge in [-0.25, -0.2) is 0 Å². The second-order valence-corrected chi connectivity index (χ2v) is 6.05. The molecule has 3 nitrogen and oxygen atoms in total. The van der Waals surface area contributed by atoms with E-state index in [4.69, 9.17) is 5.73 Å². The topological polar surface area (TPSA) is 46.3 Å². The number of nitrogens with two attached hydrogens (primary N) is 1. The summed E-state index contributed by atoms with van der Waals surface area (Å²) in [6.07, 6.45) is 6.20. The Hall–Kier alpha value is 0.0700. The first-order chi connectivity index (χ1) is 7.72. The Morgan fingerprint density at radius 3 is 2.82 bits per heavy atom. The van der Waals surface area contributed by atoms with Gasteiger partial charge in [-0.05, 0) is 43.1 Å². The van der Waals surface area contributed by atoms with E-state index in [2.05, 4.69) is 11.2 Å². The van der Waals surface area contributed by atoms with Crippen molar-refractivity contribution in [1.29, 1.82) is 0 Å². The van der Waals surface area contributed by atoms with Gasteiger partial charge in [-0.3, -0.25) is 4.79 Å². The van der Waals surface area contributed by atoms with Crippen LogP contribution in [0.25, 0.3) is 0 Å². The van der Waals surface area contributed by atoms with Crippen LogP contribution in [-0.2, 0) is 4.79 Å². The molecule has 0 aromatic rings. The van der Waals surface area contributed by atoms with Crippen LogP contribution in [0.3, 0.4) is 0 Å². The lowest BCUT2D eigenvalue weighted by Crippen LogP contribution is -2.33. The van der Waals surface area contributed by atoms with Crippen LogP contribution >= 0.6 is 24.2 Å². The third kappa shape index (κ3) is 3.52. The third-order valence-electron chi connectivity index (χ3n) is 4.00. The first kappa shape index (κ1) is 15.1. The fourth-order valence-corrected chi connectivity index (χ4v) is 3.47. The lowest BCUT2D eigenvalue weighted by atomic mass is 9.98. The zero-order valence-corrected chi connectivity index (χ0v) is 12.1. The Kier molecular flexibility index (Phi) is 6.10. The Morgan fingerprint density at radius 1 is 1.41 bits per heavy atom. The number of likely N-dealkylation sites (tertiary alicyclic amines) is 1. The molecule has 3 atom stereocenters. The summed E-state index contributed by atoms with van der Waals surface area (Å²) in [6.45, 7) is 1.89. The molecule has 0 aromatic carbocycles. The van der Waals surface area contributed by atoms with Gasteiger partial charge in [0, 0.05) is 25.6 Å². The second-order valence-electron chi connectivity index (χ2n) is 5.06. The Morgan fingerprint density at radius 2 is 2.18 bits per heavy atom. The number of halogens is 1. The number of hydrogen-bond acceptors (Lipinski definition) is 3. The van der Waals surface area contributed by atoms with E-state index in [1.165, 1.54) is 6.42 Å². The monoisotopic (exact) mass is 278 g/mol. The van der Waals surface area contributed by atoms with Crippen molar-refractivity contribution in [2.75, 3.05) is 25.1 Å². The highest BCUT2D eigenvalue weighted by molar-refractivity contribution is 7.98. The molecule has 1 saturated carbocycles. The van der Waals surface area contributed by atoms with E-state index < -0.39 is 0 Å². The quantitative estimate of drug-likeness (QED) is 0.797. The summed E-state index contributed by atoms with van der Waals surface area (Å²) in [4.78, 5) is 14.0. The minimum Gasteiger partial charge on any atom is -0.342 e. The molecule has 2 rings (SSSR count). The summed E-state index contributed by atoms with van der Waals surface area (Å²) >= 11 is 1.81. The molecule has 0 radical (unpaired) electrons. The molecule has 1 saturated heterocycles. The summed E-state index contributed by atoms with van der Waals surface area (Å²) in [7, 11) is 0. The molecule has 1 heterocycles. The molecule has 0 aromatic heterocycles. The van der Waals surface area contributed by atoms with Gasteiger partial charge in [-0.1, -0.05) is 0 Å². The molecule has 1 aliphatic carbocycles. The molecule has 1 amide bonds. The Labute approximate surface area is 114 Å². The number of rotatable bonds is 4. The van der Waals surface area contributed by atoms with Gasteiger partial charge in [0.05, 0.1) is 0 Å². The van der Waals surface area contributed by atoms with E-state index in [1.54, 1.807) is 0 Å². The maximum atomic E-state index is 11.9. The van der Waals surface area contributed by atoms with Gasteiger partial charge >= 0.3 is 0 Å². The maximum absolute atomic E-state index is 11.9. The van der Waals surface area contributed by atoms with Crippen molar-refractivity contribution in [1.82, 2.24) is 4.90 Å². The number of fused-ring (bicyclic) bond motifs is 1. The van der Waals surface area contributed by atoms with Crippen LogP contribution in [0.5, 0.6) is 0 Å². The van der Waals surface area contributed by atoms with E-state index in [0.717, 1.165) is 38.1 Å². The number of carbonyl (C=O) groups is 1. The van der Waals surface area contributed by atoms with E-state index in [0.29, 0.717) is 23.8 Å².